The van der Waals surface area contributed by atoms with E-state index in [9.17, 15) is 28.8 Å². The van der Waals surface area contributed by atoms with E-state index in [0.29, 0.717) is 18.4 Å². The summed E-state index contributed by atoms with van der Waals surface area (Å²) in [6, 6.07) is 4.23. The summed E-state index contributed by atoms with van der Waals surface area (Å²) in [6.45, 7) is 17.7. The number of amides is 5. The van der Waals surface area contributed by atoms with E-state index in [1.807, 2.05) is 20.8 Å². The number of primary amides is 1. The Labute approximate surface area is 274 Å². The van der Waals surface area contributed by atoms with E-state index < -0.39 is 59.1 Å². The molecule has 5 atom stereocenters. The van der Waals surface area contributed by atoms with Crippen molar-refractivity contribution < 1.29 is 28.8 Å². The number of hydrogen-bond donors (Lipinski definition) is 4. The van der Waals surface area contributed by atoms with E-state index in [4.69, 9.17) is 5.73 Å². The number of Topliss-reactive ketones (excluding diaryl/α,β-unsaturated/α-hetero) is 2. The van der Waals surface area contributed by atoms with Crippen molar-refractivity contribution in [3.8, 4) is 0 Å². The lowest BCUT2D eigenvalue weighted by molar-refractivity contribution is -0.144. The number of rotatable bonds is 12. The maximum atomic E-state index is 14.0. The van der Waals surface area contributed by atoms with Gasteiger partial charge in [-0.25, -0.2) is 4.79 Å². The fourth-order valence-corrected chi connectivity index (χ4v) is 5.39. The summed E-state index contributed by atoms with van der Waals surface area (Å²) in [5.74, 6) is -2.54. The minimum absolute atomic E-state index is 0.216. The molecule has 0 radical (unpaired) electrons. The zero-order valence-electron chi connectivity index (χ0n) is 29.0. The molecule has 11 heteroatoms. The van der Waals surface area contributed by atoms with Gasteiger partial charge >= 0.3 is 6.03 Å². The van der Waals surface area contributed by atoms with Crippen LogP contribution in [0.25, 0.3) is 0 Å². The van der Waals surface area contributed by atoms with E-state index in [-0.39, 0.29) is 30.1 Å². The van der Waals surface area contributed by atoms with Crippen LogP contribution in [0.2, 0.25) is 0 Å². The van der Waals surface area contributed by atoms with E-state index in [1.54, 1.807) is 51.1 Å². The van der Waals surface area contributed by atoms with Gasteiger partial charge in [-0.1, -0.05) is 105 Å². The highest BCUT2D eigenvalue weighted by molar-refractivity contribution is 6.37. The number of urea groups is 1. The van der Waals surface area contributed by atoms with Crippen molar-refractivity contribution in [2.45, 2.75) is 112 Å². The zero-order chi connectivity index (χ0) is 34.9. The normalized spacial score (nSPS) is 19.8. The standard InChI is InChI=1S/C31H45N5O6.C4H10/c1-17(2)22(24(37)20-10-8-7-9-11-20)34-30(42)35-26(31(4,5)6)29(41)36-15-14-18(3)23(36)28(40)33-21(16-19-12-13-19)25(38)27(32)39;1-4(2)3/h7-11,17-19,21-23,26H,12-16H2,1-6H3,(H2,32,39)(H,33,40)(H2,34,35,42);4H,1-3H3. The van der Waals surface area contributed by atoms with Crippen LogP contribution in [0.3, 0.4) is 0 Å². The first-order valence-electron chi connectivity index (χ1n) is 16.5. The third kappa shape index (κ3) is 11.2. The molecular weight excluding hydrogens is 586 g/mol. The van der Waals surface area contributed by atoms with Crippen LogP contribution in [0.4, 0.5) is 4.79 Å². The van der Waals surface area contributed by atoms with Crippen LogP contribution in [0.1, 0.15) is 98.4 Å². The first kappa shape index (κ1) is 38.4. The molecule has 1 heterocycles. The van der Waals surface area contributed by atoms with Gasteiger partial charge in [-0.3, -0.25) is 24.0 Å². The van der Waals surface area contributed by atoms with Crippen LogP contribution < -0.4 is 21.7 Å². The number of ketones is 2. The number of likely N-dealkylation sites (tertiary alicyclic amines) is 1. The van der Waals surface area contributed by atoms with E-state index in [1.165, 1.54) is 4.90 Å². The Morgan fingerprint density at radius 3 is 1.93 bits per heavy atom. The summed E-state index contributed by atoms with van der Waals surface area (Å²) in [5, 5.41) is 8.21. The lowest BCUT2D eigenvalue weighted by Crippen LogP contribution is -2.61. The predicted octanol–water partition coefficient (Wildman–Crippen LogP) is 3.85. The molecule has 1 aromatic carbocycles. The number of nitrogens with two attached hydrogens (primary N) is 1. The second-order valence-corrected chi connectivity index (χ2v) is 14.8. The summed E-state index contributed by atoms with van der Waals surface area (Å²) in [6.07, 6.45) is 2.70. The lowest BCUT2D eigenvalue weighted by Gasteiger charge is -2.36. The first-order chi connectivity index (χ1) is 21.3. The molecule has 0 bridgehead atoms. The number of carbonyl (C=O) groups is 6. The van der Waals surface area contributed by atoms with Gasteiger partial charge in [-0.2, -0.15) is 0 Å². The highest BCUT2D eigenvalue weighted by atomic mass is 16.2. The molecule has 1 aliphatic heterocycles. The molecule has 1 saturated heterocycles. The van der Waals surface area contributed by atoms with Crippen molar-refractivity contribution in [1.29, 1.82) is 0 Å². The summed E-state index contributed by atoms with van der Waals surface area (Å²) in [5.41, 5.74) is 4.96. The molecule has 46 heavy (non-hydrogen) atoms. The Bertz CT molecular complexity index is 1230. The number of nitrogens with one attached hydrogen (secondary N) is 3. The molecule has 0 spiro atoms. The van der Waals surface area contributed by atoms with Crippen LogP contribution >= 0.6 is 0 Å². The molecule has 2 aliphatic rings. The smallest absolute Gasteiger partial charge is 0.316 e. The highest BCUT2D eigenvalue weighted by Crippen LogP contribution is 2.34. The van der Waals surface area contributed by atoms with Crippen molar-refractivity contribution in [1.82, 2.24) is 20.9 Å². The summed E-state index contributed by atoms with van der Waals surface area (Å²) >= 11 is 0. The Morgan fingerprint density at radius 2 is 1.46 bits per heavy atom. The van der Waals surface area contributed by atoms with Crippen molar-refractivity contribution in [3.05, 3.63) is 35.9 Å². The van der Waals surface area contributed by atoms with Crippen molar-refractivity contribution in [2.75, 3.05) is 6.54 Å². The highest BCUT2D eigenvalue weighted by Gasteiger charge is 2.46. The number of nitrogens with zero attached hydrogens (tertiary/aromatic N) is 1. The zero-order valence-corrected chi connectivity index (χ0v) is 29.0. The van der Waals surface area contributed by atoms with Gasteiger partial charge < -0.3 is 26.6 Å². The maximum Gasteiger partial charge on any atom is 0.316 e. The van der Waals surface area contributed by atoms with E-state index in [0.717, 1.165) is 18.8 Å². The van der Waals surface area contributed by atoms with Gasteiger partial charge in [0.2, 0.25) is 17.6 Å². The monoisotopic (exact) mass is 641 g/mol. The van der Waals surface area contributed by atoms with Gasteiger partial charge in [-0.05, 0) is 41.9 Å². The molecule has 3 rings (SSSR count). The average molecular weight is 642 g/mol. The maximum absolute atomic E-state index is 14.0. The molecule has 1 aliphatic carbocycles. The third-order valence-electron chi connectivity index (χ3n) is 8.08. The molecule has 2 fully saturated rings. The first-order valence-corrected chi connectivity index (χ1v) is 16.5. The summed E-state index contributed by atoms with van der Waals surface area (Å²) in [4.78, 5) is 79.3. The van der Waals surface area contributed by atoms with Crippen LogP contribution in [0.15, 0.2) is 30.3 Å². The van der Waals surface area contributed by atoms with Gasteiger partial charge in [0.1, 0.15) is 12.1 Å². The summed E-state index contributed by atoms with van der Waals surface area (Å²) in [7, 11) is 0. The summed E-state index contributed by atoms with van der Waals surface area (Å²) < 4.78 is 0. The van der Waals surface area contributed by atoms with Crippen LogP contribution in [-0.4, -0.2) is 70.9 Å². The van der Waals surface area contributed by atoms with E-state index in [2.05, 4.69) is 36.7 Å². The molecular formula is C35H55N5O6. The Kier molecular flexibility index (Phi) is 13.9. The van der Waals surface area contributed by atoms with Crippen LogP contribution in [0.5, 0.6) is 0 Å². The third-order valence-corrected chi connectivity index (χ3v) is 8.08. The number of hydrogen-bond acceptors (Lipinski definition) is 6. The van der Waals surface area contributed by atoms with Crippen LogP contribution in [0, 0.1) is 29.1 Å². The molecule has 0 aromatic heterocycles. The van der Waals surface area contributed by atoms with Gasteiger partial charge in [0.05, 0.1) is 12.1 Å². The predicted molar refractivity (Wildman–Crippen MR) is 178 cm³/mol. The Morgan fingerprint density at radius 1 is 0.891 bits per heavy atom. The van der Waals surface area contributed by atoms with Gasteiger partial charge in [0.25, 0.3) is 5.91 Å². The fourth-order valence-electron chi connectivity index (χ4n) is 5.39. The van der Waals surface area contributed by atoms with Gasteiger partial charge in [-0.15, -0.1) is 0 Å². The van der Waals surface area contributed by atoms with Crippen LogP contribution in [-0.2, 0) is 19.2 Å². The minimum Gasteiger partial charge on any atom is -0.363 e. The second-order valence-electron chi connectivity index (χ2n) is 14.8. The van der Waals surface area contributed by atoms with Gasteiger partial charge in [0.15, 0.2) is 5.78 Å². The molecule has 11 nitrogen and oxygen atoms in total. The quantitative estimate of drug-likeness (QED) is 0.200. The minimum atomic E-state index is -1.11. The number of benzene rings is 1. The Hall–Kier alpha value is -3.76. The molecule has 256 valence electrons. The van der Waals surface area contributed by atoms with Crippen molar-refractivity contribution in [3.63, 3.8) is 0 Å². The van der Waals surface area contributed by atoms with E-state index >= 15 is 0 Å². The van der Waals surface area contributed by atoms with Gasteiger partial charge in [0, 0.05) is 12.1 Å². The number of carbonyl (C=O) groups excluding carboxylic acids is 6. The van der Waals surface area contributed by atoms with Crippen molar-refractivity contribution in [2.24, 2.45) is 34.8 Å². The molecule has 5 N–H and O–H groups in total. The topological polar surface area (TPSA) is 168 Å². The SMILES string of the molecule is CC(C)C.CC(C)C(NC(=O)NC(C(=O)N1CCC(C)C1C(=O)NC(CC1CC1)C(=O)C(N)=O)C(C)(C)C)C(=O)c1ccccc1. The molecule has 5 amide bonds. The Balaban J connectivity index is 0.00000173. The fraction of sp³-hybridized carbons (Fsp3) is 0.657. The second kappa shape index (κ2) is 16.7. The average Bonchev–Trinajstić information content (AvgIpc) is 3.70. The largest absolute Gasteiger partial charge is 0.363 e. The molecule has 1 aromatic rings. The van der Waals surface area contributed by atoms with Crippen molar-refractivity contribution >= 4 is 35.3 Å². The molecule has 5 unspecified atom stereocenters. The lowest BCUT2D eigenvalue weighted by atomic mass is 9.85. The molecule has 1 saturated carbocycles.